The van der Waals surface area contributed by atoms with Gasteiger partial charge in [0.05, 0.1) is 0 Å². The van der Waals surface area contributed by atoms with Crippen LogP contribution in [0.3, 0.4) is 0 Å². The summed E-state index contributed by atoms with van der Waals surface area (Å²) in [6.07, 6.45) is 1.49. The molecule has 19 heavy (non-hydrogen) atoms. The number of halogens is 1. The van der Waals surface area contributed by atoms with Gasteiger partial charge in [-0.25, -0.2) is 19.2 Å². The fourth-order valence-corrected chi connectivity index (χ4v) is 3.90. The molecule has 0 radical (unpaired) electrons. The largest absolute Gasteiger partial charge is 0.307 e. The van der Waals surface area contributed by atoms with Crippen molar-refractivity contribution >= 4 is 31.8 Å². The molecule has 3 N–H and O–H groups in total. The van der Waals surface area contributed by atoms with Crippen LogP contribution in [-0.4, -0.2) is 30.8 Å². The van der Waals surface area contributed by atoms with Crippen molar-refractivity contribution < 1.29 is 8.42 Å². The first-order valence-corrected chi connectivity index (χ1v) is 8.18. The third-order valence-electron chi connectivity index (χ3n) is 2.50. The highest BCUT2D eigenvalue weighted by atomic mass is 79.9. The molecule has 0 spiro atoms. The summed E-state index contributed by atoms with van der Waals surface area (Å²) in [5, 5.41) is 0. The van der Waals surface area contributed by atoms with Crippen LogP contribution in [0.25, 0.3) is 0 Å². The van der Waals surface area contributed by atoms with Crippen LogP contribution in [0.2, 0.25) is 0 Å². The fraction of sp³-hybridized carbons (Fsp3) is 0.545. The number of sulfonamides is 1. The van der Waals surface area contributed by atoms with E-state index < -0.39 is 10.0 Å². The highest BCUT2D eigenvalue weighted by Crippen LogP contribution is 2.25. The summed E-state index contributed by atoms with van der Waals surface area (Å²) in [5.74, 6) is 5.71. The zero-order valence-electron chi connectivity index (χ0n) is 11.2. The van der Waals surface area contributed by atoms with Gasteiger partial charge in [0.2, 0.25) is 10.0 Å². The van der Waals surface area contributed by atoms with E-state index >= 15 is 0 Å². The number of pyridine rings is 1. The van der Waals surface area contributed by atoms with Gasteiger partial charge >= 0.3 is 0 Å². The molecule has 1 aromatic heterocycles. The highest BCUT2D eigenvalue weighted by Gasteiger charge is 2.27. The Morgan fingerprint density at radius 1 is 1.53 bits per heavy atom. The molecule has 8 heteroatoms. The van der Waals surface area contributed by atoms with Gasteiger partial charge in [0.1, 0.15) is 4.90 Å². The van der Waals surface area contributed by atoms with Gasteiger partial charge in [-0.2, -0.15) is 4.31 Å². The van der Waals surface area contributed by atoms with Crippen LogP contribution in [0.5, 0.6) is 0 Å². The zero-order valence-corrected chi connectivity index (χ0v) is 13.6. The maximum Gasteiger partial charge on any atom is 0.246 e. The summed E-state index contributed by atoms with van der Waals surface area (Å²) in [4.78, 5) is 4.05. The lowest BCUT2D eigenvalue weighted by Crippen LogP contribution is -2.34. The maximum atomic E-state index is 12.6. The molecule has 0 amide bonds. The molecule has 0 saturated carbocycles. The van der Waals surface area contributed by atoms with Crippen LogP contribution >= 0.6 is 15.9 Å². The number of hydrogen-bond acceptors (Lipinski definition) is 5. The first-order chi connectivity index (χ1) is 8.82. The number of nitrogens with two attached hydrogens (primary N) is 1. The normalized spacial score (nSPS) is 12.2. The number of nitrogens with one attached hydrogen (secondary N) is 1. The Kier molecular flexibility index (Phi) is 5.72. The van der Waals surface area contributed by atoms with Gasteiger partial charge in [0, 0.05) is 23.8 Å². The Hall–Kier alpha value is -0.700. The Bertz CT molecular complexity index is 533. The SMILES string of the molecule is CCN(CC(C)C)S(=O)(=O)c1cc(Br)cnc1NN. The summed E-state index contributed by atoms with van der Waals surface area (Å²) in [5.41, 5.74) is 2.32. The van der Waals surface area contributed by atoms with E-state index in [1.807, 2.05) is 13.8 Å². The topological polar surface area (TPSA) is 88.3 Å². The Morgan fingerprint density at radius 2 is 2.16 bits per heavy atom. The van der Waals surface area contributed by atoms with Crippen molar-refractivity contribution in [3.63, 3.8) is 0 Å². The number of rotatable bonds is 6. The van der Waals surface area contributed by atoms with Crippen molar-refractivity contribution in [2.75, 3.05) is 18.5 Å². The Morgan fingerprint density at radius 3 is 2.63 bits per heavy atom. The third-order valence-corrected chi connectivity index (χ3v) is 4.88. The smallest absolute Gasteiger partial charge is 0.246 e. The average Bonchev–Trinajstić information content (AvgIpc) is 2.35. The van der Waals surface area contributed by atoms with Crippen molar-refractivity contribution in [3.8, 4) is 0 Å². The van der Waals surface area contributed by atoms with Gasteiger partial charge in [0.25, 0.3) is 0 Å². The lowest BCUT2D eigenvalue weighted by atomic mass is 10.2. The fourth-order valence-electron chi connectivity index (χ4n) is 1.67. The third kappa shape index (κ3) is 3.88. The van der Waals surface area contributed by atoms with Crippen molar-refractivity contribution in [3.05, 3.63) is 16.7 Å². The number of aromatic nitrogens is 1. The molecule has 1 aromatic rings. The summed E-state index contributed by atoms with van der Waals surface area (Å²) < 4.78 is 27.2. The number of nitrogen functional groups attached to an aromatic ring is 1. The van der Waals surface area contributed by atoms with E-state index in [1.165, 1.54) is 16.6 Å². The lowest BCUT2D eigenvalue weighted by molar-refractivity contribution is 0.381. The standard InChI is InChI=1S/C11H19BrN4O2S/c1-4-16(7-8(2)3)19(17,18)10-5-9(12)6-14-11(10)15-13/h5-6,8H,4,7,13H2,1-3H3,(H,14,15). The van der Waals surface area contributed by atoms with E-state index in [0.717, 1.165) is 0 Å². The minimum Gasteiger partial charge on any atom is -0.307 e. The molecule has 0 saturated heterocycles. The minimum absolute atomic E-state index is 0.0758. The van der Waals surface area contributed by atoms with Crippen molar-refractivity contribution in [1.82, 2.24) is 9.29 Å². The van der Waals surface area contributed by atoms with E-state index in [-0.39, 0.29) is 16.6 Å². The van der Waals surface area contributed by atoms with Gasteiger partial charge in [-0.15, -0.1) is 0 Å². The maximum absolute atomic E-state index is 12.6. The van der Waals surface area contributed by atoms with Crippen LogP contribution in [0.1, 0.15) is 20.8 Å². The molecule has 0 atom stereocenters. The molecular formula is C11H19BrN4O2S. The predicted molar refractivity (Wildman–Crippen MR) is 79.0 cm³/mol. The summed E-state index contributed by atoms with van der Waals surface area (Å²) >= 11 is 3.23. The minimum atomic E-state index is -3.61. The first kappa shape index (κ1) is 16.4. The van der Waals surface area contributed by atoms with Gasteiger partial charge in [-0.1, -0.05) is 20.8 Å². The molecule has 108 valence electrons. The van der Waals surface area contributed by atoms with E-state index in [2.05, 4.69) is 26.3 Å². The van der Waals surface area contributed by atoms with Gasteiger partial charge in [-0.3, -0.25) is 0 Å². The molecule has 0 aromatic carbocycles. The Labute approximate surface area is 122 Å². The number of hydrogen-bond donors (Lipinski definition) is 2. The molecule has 0 aliphatic heterocycles. The van der Waals surface area contributed by atoms with E-state index in [0.29, 0.717) is 17.6 Å². The molecule has 0 aliphatic rings. The van der Waals surface area contributed by atoms with E-state index in [1.54, 1.807) is 6.92 Å². The van der Waals surface area contributed by atoms with Crippen molar-refractivity contribution in [2.45, 2.75) is 25.7 Å². The van der Waals surface area contributed by atoms with Crippen LogP contribution in [0, 0.1) is 5.92 Å². The highest BCUT2D eigenvalue weighted by molar-refractivity contribution is 9.10. The molecule has 1 rings (SSSR count). The number of hydrazine groups is 1. The molecule has 0 bridgehead atoms. The lowest BCUT2D eigenvalue weighted by Gasteiger charge is -2.23. The van der Waals surface area contributed by atoms with E-state index in [9.17, 15) is 8.42 Å². The Balaban J connectivity index is 3.28. The second kappa shape index (κ2) is 6.65. The first-order valence-electron chi connectivity index (χ1n) is 5.95. The van der Waals surface area contributed by atoms with Crippen molar-refractivity contribution in [2.24, 2.45) is 11.8 Å². The molecule has 0 aliphatic carbocycles. The molecular weight excluding hydrogens is 332 g/mol. The number of nitrogens with zero attached hydrogens (tertiary/aromatic N) is 2. The molecule has 1 heterocycles. The molecule has 6 nitrogen and oxygen atoms in total. The molecule has 0 fully saturated rings. The summed E-state index contributed by atoms with van der Waals surface area (Å²) in [6.45, 7) is 6.60. The van der Waals surface area contributed by atoms with Crippen LogP contribution in [0.4, 0.5) is 5.82 Å². The predicted octanol–water partition coefficient (Wildman–Crippen LogP) is 1.80. The monoisotopic (exact) mass is 350 g/mol. The second-order valence-electron chi connectivity index (χ2n) is 4.49. The van der Waals surface area contributed by atoms with Crippen molar-refractivity contribution in [1.29, 1.82) is 0 Å². The van der Waals surface area contributed by atoms with Gasteiger partial charge < -0.3 is 5.43 Å². The number of anilines is 1. The van der Waals surface area contributed by atoms with Gasteiger partial charge in [-0.05, 0) is 27.9 Å². The van der Waals surface area contributed by atoms with Crippen LogP contribution < -0.4 is 11.3 Å². The average molecular weight is 351 g/mol. The van der Waals surface area contributed by atoms with Gasteiger partial charge in [0.15, 0.2) is 5.82 Å². The summed E-state index contributed by atoms with van der Waals surface area (Å²) in [6, 6.07) is 1.50. The van der Waals surface area contributed by atoms with E-state index in [4.69, 9.17) is 5.84 Å². The zero-order chi connectivity index (χ0) is 14.6. The van der Waals surface area contributed by atoms with Crippen LogP contribution in [-0.2, 0) is 10.0 Å². The molecule has 0 unspecified atom stereocenters. The quantitative estimate of drug-likeness (QED) is 0.603. The summed E-state index contributed by atoms with van der Waals surface area (Å²) in [7, 11) is -3.61. The van der Waals surface area contributed by atoms with Crippen LogP contribution in [0.15, 0.2) is 21.6 Å². The second-order valence-corrected chi connectivity index (χ2v) is 7.32.